The molecule has 0 fully saturated rings. The molecule has 2 aromatic rings. The molecule has 172 valence electrons. The van der Waals surface area contributed by atoms with Gasteiger partial charge in [-0.1, -0.05) is 25.4 Å². The molecule has 0 bridgehead atoms. The molecular formula is C21H22Br2ClN3O4S. The Morgan fingerprint density at radius 2 is 1.69 bits per heavy atom. The van der Waals surface area contributed by atoms with Crippen molar-refractivity contribution < 1.29 is 19.1 Å². The zero-order valence-electron chi connectivity index (χ0n) is 17.3. The summed E-state index contributed by atoms with van der Waals surface area (Å²) in [6, 6.07) is 9.91. The zero-order chi connectivity index (χ0) is 23.7. The maximum atomic E-state index is 12.4. The molecule has 0 aromatic heterocycles. The first-order valence-electron chi connectivity index (χ1n) is 9.56. The van der Waals surface area contributed by atoms with Crippen LogP contribution in [0.5, 0.6) is 11.5 Å². The van der Waals surface area contributed by atoms with Gasteiger partial charge in [0.15, 0.2) is 11.7 Å². The highest BCUT2D eigenvalue weighted by Gasteiger charge is 2.12. The molecule has 11 heteroatoms. The van der Waals surface area contributed by atoms with E-state index in [1.165, 1.54) is 0 Å². The van der Waals surface area contributed by atoms with Crippen molar-refractivity contribution in [3.63, 3.8) is 0 Å². The van der Waals surface area contributed by atoms with Gasteiger partial charge in [0.2, 0.25) is 0 Å². The number of carbonyl (C=O) groups is 2. The third-order valence-corrected chi connectivity index (χ3v) is 5.62. The van der Waals surface area contributed by atoms with E-state index < -0.39 is 11.8 Å². The number of thiocarbonyl (C=S) groups is 1. The van der Waals surface area contributed by atoms with Gasteiger partial charge in [0.05, 0.1) is 15.6 Å². The van der Waals surface area contributed by atoms with Crippen molar-refractivity contribution in [3.05, 3.63) is 55.9 Å². The monoisotopic (exact) mass is 605 g/mol. The first-order valence-corrected chi connectivity index (χ1v) is 11.9. The van der Waals surface area contributed by atoms with E-state index in [9.17, 15) is 9.59 Å². The van der Waals surface area contributed by atoms with E-state index in [0.717, 1.165) is 6.42 Å². The Balaban J connectivity index is 1.77. The van der Waals surface area contributed by atoms with Gasteiger partial charge < -0.3 is 9.47 Å². The lowest BCUT2D eigenvalue weighted by atomic mass is 10.1. The van der Waals surface area contributed by atoms with Crippen LogP contribution < -0.4 is 25.6 Å². The minimum absolute atomic E-state index is 0.0654. The fourth-order valence-electron chi connectivity index (χ4n) is 2.27. The van der Waals surface area contributed by atoms with E-state index in [1.807, 2.05) is 0 Å². The molecule has 2 amide bonds. The Kier molecular flexibility index (Phi) is 10.7. The highest BCUT2D eigenvalue weighted by molar-refractivity contribution is 9.10. The molecule has 0 heterocycles. The Morgan fingerprint density at radius 3 is 2.34 bits per heavy atom. The summed E-state index contributed by atoms with van der Waals surface area (Å²) in [7, 11) is 0. The molecule has 32 heavy (non-hydrogen) atoms. The quantitative estimate of drug-likeness (QED) is 0.289. The van der Waals surface area contributed by atoms with Gasteiger partial charge >= 0.3 is 0 Å². The Bertz CT molecular complexity index is 992. The predicted octanol–water partition coefficient (Wildman–Crippen LogP) is 5.00. The molecule has 2 rings (SSSR count). The van der Waals surface area contributed by atoms with Crippen LogP contribution in [0.3, 0.4) is 0 Å². The number of hydrazine groups is 1. The number of hydrogen-bond acceptors (Lipinski definition) is 5. The number of ether oxygens (including phenoxy) is 2. The molecule has 0 aliphatic carbocycles. The molecule has 7 nitrogen and oxygen atoms in total. The smallest absolute Gasteiger partial charge is 0.276 e. The van der Waals surface area contributed by atoms with E-state index in [-0.39, 0.29) is 11.7 Å². The van der Waals surface area contributed by atoms with Gasteiger partial charge in [-0.15, -0.1) is 0 Å². The fourth-order valence-corrected chi connectivity index (χ4v) is 3.70. The van der Waals surface area contributed by atoms with Gasteiger partial charge in [0, 0.05) is 10.6 Å². The highest BCUT2D eigenvalue weighted by atomic mass is 79.9. The summed E-state index contributed by atoms with van der Waals surface area (Å²) in [5.41, 5.74) is 5.19. The van der Waals surface area contributed by atoms with Gasteiger partial charge in [-0.2, -0.15) is 0 Å². The highest BCUT2D eigenvalue weighted by Crippen LogP contribution is 2.28. The number of carbonyl (C=O) groups excluding carboxylic acids is 2. The summed E-state index contributed by atoms with van der Waals surface area (Å²) < 4.78 is 12.4. The van der Waals surface area contributed by atoms with Crippen LogP contribution in [0.2, 0.25) is 5.02 Å². The number of amides is 2. The van der Waals surface area contributed by atoms with Crippen LogP contribution in [0.4, 0.5) is 0 Å². The topological polar surface area (TPSA) is 88.7 Å². The molecule has 0 unspecified atom stereocenters. The van der Waals surface area contributed by atoms with E-state index in [0.29, 0.717) is 43.6 Å². The molecule has 0 saturated heterocycles. The normalized spacial score (nSPS) is 10.4. The number of rotatable bonds is 8. The summed E-state index contributed by atoms with van der Waals surface area (Å²) in [5, 5.41) is 2.96. The SMILES string of the molecule is CC(C)CCOc1ccc(C(=O)NC(=S)NNC(=O)COc2ccc(Cl)cc2Br)cc1Br. The molecule has 2 aromatic carbocycles. The van der Waals surface area contributed by atoms with E-state index in [4.69, 9.17) is 33.3 Å². The summed E-state index contributed by atoms with van der Waals surface area (Å²) in [6.45, 7) is 4.57. The van der Waals surface area contributed by atoms with Gasteiger partial charge in [-0.25, -0.2) is 0 Å². The molecular weight excluding hydrogens is 586 g/mol. The summed E-state index contributed by atoms with van der Waals surface area (Å²) in [6.07, 6.45) is 0.933. The molecule has 0 radical (unpaired) electrons. The van der Waals surface area contributed by atoms with Crippen molar-refractivity contribution in [3.8, 4) is 11.5 Å². The Morgan fingerprint density at radius 1 is 1.03 bits per heavy atom. The second kappa shape index (κ2) is 13.0. The van der Waals surface area contributed by atoms with Crippen molar-refractivity contribution in [2.75, 3.05) is 13.2 Å². The average molecular weight is 608 g/mol. The van der Waals surface area contributed by atoms with Crippen LogP contribution in [0.25, 0.3) is 0 Å². The van der Waals surface area contributed by atoms with Crippen molar-refractivity contribution in [1.82, 2.24) is 16.2 Å². The van der Waals surface area contributed by atoms with Crippen LogP contribution in [0.15, 0.2) is 45.3 Å². The Hall–Kier alpha value is -1.88. The van der Waals surface area contributed by atoms with Crippen molar-refractivity contribution in [2.24, 2.45) is 5.92 Å². The van der Waals surface area contributed by atoms with Crippen LogP contribution in [-0.4, -0.2) is 30.1 Å². The number of benzene rings is 2. The molecule has 0 atom stereocenters. The average Bonchev–Trinajstić information content (AvgIpc) is 2.72. The van der Waals surface area contributed by atoms with Crippen LogP contribution in [0, 0.1) is 5.92 Å². The number of nitrogens with one attached hydrogen (secondary N) is 3. The van der Waals surface area contributed by atoms with Crippen molar-refractivity contribution in [1.29, 1.82) is 0 Å². The summed E-state index contributed by atoms with van der Waals surface area (Å²) >= 11 is 17.6. The minimum Gasteiger partial charge on any atom is -0.492 e. The molecule has 3 N–H and O–H groups in total. The zero-order valence-corrected chi connectivity index (χ0v) is 22.1. The van der Waals surface area contributed by atoms with E-state index >= 15 is 0 Å². The largest absolute Gasteiger partial charge is 0.492 e. The van der Waals surface area contributed by atoms with E-state index in [1.54, 1.807) is 36.4 Å². The lowest BCUT2D eigenvalue weighted by molar-refractivity contribution is -0.123. The van der Waals surface area contributed by atoms with Gasteiger partial charge in [-0.3, -0.25) is 25.8 Å². The summed E-state index contributed by atoms with van der Waals surface area (Å²) in [4.78, 5) is 24.3. The lowest BCUT2D eigenvalue weighted by Crippen LogP contribution is -2.49. The fraction of sp³-hybridized carbons (Fsp3) is 0.286. The van der Waals surface area contributed by atoms with E-state index in [2.05, 4.69) is 61.9 Å². The van der Waals surface area contributed by atoms with Gasteiger partial charge in [0.1, 0.15) is 11.5 Å². The minimum atomic E-state index is -0.492. The van der Waals surface area contributed by atoms with Crippen molar-refractivity contribution >= 4 is 72.6 Å². The van der Waals surface area contributed by atoms with Gasteiger partial charge in [-0.05, 0) is 92.8 Å². The van der Waals surface area contributed by atoms with Crippen LogP contribution >= 0.6 is 55.7 Å². The second-order valence-corrected chi connectivity index (χ2v) is 9.55. The van der Waals surface area contributed by atoms with Gasteiger partial charge in [0.25, 0.3) is 11.8 Å². The lowest BCUT2D eigenvalue weighted by Gasteiger charge is -2.13. The molecule has 0 spiro atoms. The molecule has 0 aliphatic rings. The van der Waals surface area contributed by atoms with Crippen molar-refractivity contribution in [2.45, 2.75) is 20.3 Å². The first kappa shape index (κ1) is 26.4. The first-order chi connectivity index (χ1) is 15.2. The Labute approximate surface area is 213 Å². The predicted molar refractivity (Wildman–Crippen MR) is 135 cm³/mol. The number of halogens is 3. The third-order valence-electron chi connectivity index (χ3n) is 3.94. The maximum absolute atomic E-state index is 12.4. The van der Waals surface area contributed by atoms with Crippen LogP contribution in [-0.2, 0) is 4.79 Å². The van der Waals surface area contributed by atoms with Crippen LogP contribution in [0.1, 0.15) is 30.6 Å². The molecule has 0 saturated carbocycles. The molecule has 0 aliphatic heterocycles. The number of hydrogen-bond donors (Lipinski definition) is 3. The maximum Gasteiger partial charge on any atom is 0.276 e. The second-order valence-electron chi connectivity index (χ2n) is 7.00. The standard InChI is InChI=1S/C21H22Br2ClN3O4S/c1-12(2)7-8-30-17-5-3-13(9-15(17)22)20(29)25-21(32)27-26-19(28)11-31-18-6-4-14(24)10-16(18)23/h3-6,9-10,12H,7-8,11H2,1-2H3,(H,26,28)(H2,25,27,29,32). The third kappa shape index (κ3) is 8.93. The summed E-state index contributed by atoms with van der Waals surface area (Å²) in [5.74, 6) is 0.727.